The number of ether oxygens (including phenoxy) is 1. The van der Waals surface area contributed by atoms with Crippen molar-refractivity contribution in [3.05, 3.63) is 30.9 Å². The third kappa shape index (κ3) is 3.91. The summed E-state index contributed by atoms with van der Waals surface area (Å²) in [6.45, 7) is 7.05. The van der Waals surface area contributed by atoms with E-state index in [1.807, 2.05) is 18.5 Å². The van der Waals surface area contributed by atoms with Crippen molar-refractivity contribution in [2.24, 2.45) is 5.92 Å². The fourth-order valence-corrected chi connectivity index (χ4v) is 3.65. The largest absolute Gasteiger partial charge is 0.385 e. The van der Waals surface area contributed by atoms with Crippen molar-refractivity contribution in [2.45, 2.75) is 32.7 Å². The summed E-state index contributed by atoms with van der Waals surface area (Å²) in [5, 5.41) is 3.31. The van der Waals surface area contributed by atoms with Gasteiger partial charge < -0.3 is 19.5 Å². The van der Waals surface area contributed by atoms with Gasteiger partial charge in [0.05, 0.1) is 18.0 Å². The quantitative estimate of drug-likeness (QED) is 0.672. The SMILES string of the molecule is COCCC1CCN(c2nccc(Nc3cc4c(cn3)ncn4C(C)C)n2)C1. The standard InChI is InChI=1S/C20H27N7O/c1-14(2)27-13-23-16-11-22-19(10-17(16)27)24-18-4-7-21-20(25-18)26-8-5-15(12-26)6-9-28-3/h4,7,10-11,13-15H,5-6,8-9,12H2,1-3H3,(H,21,22,24,25). The molecule has 4 rings (SSSR count). The highest BCUT2D eigenvalue weighted by Gasteiger charge is 2.24. The Hall–Kier alpha value is -2.74. The van der Waals surface area contributed by atoms with Crippen molar-refractivity contribution in [2.75, 3.05) is 37.0 Å². The molecular formula is C20H27N7O. The Morgan fingerprint density at radius 2 is 2.14 bits per heavy atom. The fourth-order valence-electron chi connectivity index (χ4n) is 3.65. The molecule has 0 bridgehead atoms. The van der Waals surface area contributed by atoms with Crippen LogP contribution >= 0.6 is 0 Å². The molecule has 1 unspecified atom stereocenters. The maximum atomic E-state index is 5.21. The van der Waals surface area contributed by atoms with Crippen LogP contribution in [0.3, 0.4) is 0 Å². The van der Waals surface area contributed by atoms with Crippen LogP contribution < -0.4 is 10.2 Å². The highest BCUT2D eigenvalue weighted by molar-refractivity contribution is 5.78. The van der Waals surface area contributed by atoms with Crippen LogP contribution in [0, 0.1) is 5.92 Å². The summed E-state index contributed by atoms with van der Waals surface area (Å²) in [5.74, 6) is 2.89. The molecule has 3 aromatic rings. The molecule has 1 aliphatic heterocycles. The molecule has 0 aromatic carbocycles. The lowest BCUT2D eigenvalue weighted by Crippen LogP contribution is -2.22. The first-order valence-corrected chi connectivity index (χ1v) is 9.80. The van der Waals surface area contributed by atoms with E-state index in [2.05, 4.69) is 43.6 Å². The molecule has 28 heavy (non-hydrogen) atoms. The van der Waals surface area contributed by atoms with Crippen LogP contribution in [-0.2, 0) is 4.74 Å². The molecule has 0 radical (unpaired) electrons. The summed E-state index contributed by atoms with van der Waals surface area (Å²) in [5.41, 5.74) is 1.95. The summed E-state index contributed by atoms with van der Waals surface area (Å²) in [6, 6.07) is 4.22. The van der Waals surface area contributed by atoms with Crippen LogP contribution in [0.2, 0.25) is 0 Å². The lowest BCUT2D eigenvalue weighted by atomic mass is 10.1. The third-order valence-electron chi connectivity index (χ3n) is 5.22. The van der Waals surface area contributed by atoms with Gasteiger partial charge in [-0.3, -0.25) is 0 Å². The van der Waals surface area contributed by atoms with Gasteiger partial charge in [-0.25, -0.2) is 15.0 Å². The molecule has 1 N–H and O–H groups in total. The molecule has 8 heteroatoms. The summed E-state index contributed by atoms with van der Waals surface area (Å²) in [4.78, 5) is 20.3. The van der Waals surface area contributed by atoms with Crippen LogP contribution in [0.15, 0.2) is 30.9 Å². The summed E-state index contributed by atoms with van der Waals surface area (Å²) in [6.07, 6.45) is 7.68. The first-order chi connectivity index (χ1) is 13.6. The zero-order chi connectivity index (χ0) is 19.5. The van der Waals surface area contributed by atoms with Crippen LogP contribution in [0.1, 0.15) is 32.7 Å². The van der Waals surface area contributed by atoms with Crippen LogP contribution in [0.25, 0.3) is 11.0 Å². The molecule has 1 fully saturated rings. The topological polar surface area (TPSA) is 81.0 Å². The highest BCUT2D eigenvalue weighted by Crippen LogP contribution is 2.25. The van der Waals surface area contributed by atoms with E-state index in [4.69, 9.17) is 9.72 Å². The molecule has 1 aliphatic rings. The van der Waals surface area contributed by atoms with Crippen molar-refractivity contribution < 1.29 is 4.74 Å². The Kier molecular flexibility index (Phi) is 5.38. The van der Waals surface area contributed by atoms with Crippen molar-refractivity contribution in [3.8, 4) is 0 Å². The number of anilines is 3. The normalized spacial score (nSPS) is 17.0. The second-order valence-electron chi connectivity index (χ2n) is 7.55. The highest BCUT2D eigenvalue weighted by atomic mass is 16.5. The number of methoxy groups -OCH3 is 1. The van der Waals surface area contributed by atoms with Crippen LogP contribution in [0.5, 0.6) is 0 Å². The van der Waals surface area contributed by atoms with Gasteiger partial charge >= 0.3 is 0 Å². The van der Waals surface area contributed by atoms with Crippen LogP contribution in [-0.4, -0.2) is 51.3 Å². The van der Waals surface area contributed by atoms with E-state index in [9.17, 15) is 0 Å². The molecule has 0 saturated carbocycles. The zero-order valence-corrected chi connectivity index (χ0v) is 16.7. The number of rotatable bonds is 7. The molecule has 8 nitrogen and oxygen atoms in total. The number of nitrogens with one attached hydrogen (secondary N) is 1. The van der Waals surface area contributed by atoms with Crippen molar-refractivity contribution in [1.82, 2.24) is 24.5 Å². The Labute approximate surface area is 165 Å². The Morgan fingerprint density at radius 3 is 2.96 bits per heavy atom. The van der Waals surface area contributed by atoms with Gasteiger partial charge in [-0.15, -0.1) is 0 Å². The molecule has 0 aliphatic carbocycles. The summed E-state index contributed by atoms with van der Waals surface area (Å²) < 4.78 is 7.34. The van der Waals surface area contributed by atoms with Crippen LogP contribution in [0.4, 0.5) is 17.6 Å². The lowest BCUT2D eigenvalue weighted by molar-refractivity contribution is 0.180. The molecule has 0 spiro atoms. The number of nitrogens with zero attached hydrogens (tertiary/aromatic N) is 6. The molecule has 4 heterocycles. The summed E-state index contributed by atoms with van der Waals surface area (Å²) in [7, 11) is 1.75. The minimum absolute atomic E-state index is 0.340. The Morgan fingerprint density at radius 1 is 1.25 bits per heavy atom. The minimum atomic E-state index is 0.340. The minimum Gasteiger partial charge on any atom is -0.385 e. The maximum Gasteiger partial charge on any atom is 0.227 e. The molecule has 0 amide bonds. The van der Waals surface area contributed by atoms with Crippen molar-refractivity contribution >= 4 is 28.6 Å². The zero-order valence-electron chi connectivity index (χ0n) is 16.7. The van der Waals surface area contributed by atoms with E-state index in [0.717, 1.165) is 61.2 Å². The second kappa shape index (κ2) is 8.10. The number of aromatic nitrogens is 5. The van der Waals surface area contributed by atoms with Crippen molar-refractivity contribution in [1.29, 1.82) is 0 Å². The van der Waals surface area contributed by atoms with Gasteiger partial charge in [0, 0.05) is 45.1 Å². The molecule has 3 aromatic heterocycles. The molecular weight excluding hydrogens is 354 g/mol. The van der Waals surface area contributed by atoms with Gasteiger partial charge in [-0.1, -0.05) is 0 Å². The Balaban J connectivity index is 1.49. The van der Waals surface area contributed by atoms with E-state index >= 15 is 0 Å². The maximum absolute atomic E-state index is 5.21. The van der Waals surface area contributed by atoms with E-state index in [1.54, 1.807) is 19.5 Å². The second-order valence-corrected chi connectivity index (χ2v) is 7.55. The van der Waals surface area contributed by atoms with E-state index < -0.39 is 0 Å². The first-order valence-electron chi connectivity index (χ1n) is 9.80. The van der Waals surface area contributed by atoms with Gasteiger partial charge in [0.2, 0.25) is 5.95 Å². The molecule has 1 saturated heterocycles. The Bertz CT molecular complexity index is 939. The van der Waals surface area contributed by atoms with E-state index in [0.29, 0.717) is 12.0 Å². The predicted octanol–water partition coefficient (Wildman–Crippen LogP) is 3.41. The van der Waals surface area contributed by atoms with Gasteiger partial charge in [-0.2, -0.15) is 4.98 Å². The lowest BCUT2D eigenvalue weighted by Gasteiger charge is -2.17. The van der Waals surface area contributed by atoms with Gasteiger partial charge in [-0.05, 0) is 38.7 Å². The van der Waals surface area contributed by atoms with Gasteiger partial charge in [0.15, 0.2) is 0 Å². The predicted molar refractivity (Wildman–Crippen MR) is 110 cm³/mol. The number of imidazole rings is 1. The van der Waals surface area contributed by atoms with Gasteiger partial charge in [0.25, 0.3) is 0 Å². The summed E-state index contributed by atoms with van der Waals surface area (Å²) >= 11 is 0. The van der Waals surface area contributed by atoms with Crippen molar-refractivity contribution in [3.63, 3.8) is 0 Å². The number of hydrogen-bond donors (Lipinski definition) is 1. The third-order valence-corrected chi connectivity index (χ3v) is 5.22. The smallest absolute Gasteiger partial charge is 0.227 e. The first kappa shape index (κ1) is 18.6. The van der Waals surface area contributed by atoms with E-state index in [-0.39, 0.29) is 0 Å². The average molecular weight is 381 g/mol. The number of fused-ring (bicyclic) bond motifs is 1. The average Bonchev–Trinajstić information content (AvgIpc) is 3.33. The fraction of sp³-hybridized carbons (Fsp3) is 0.500. The number of pyridine rings is 1. The van der Waals surface area contributed by atoms with Gasteiger partial charge in [0.1, 0.15) is 17.2 Å². The molecule has 148 valence electrons. The molecule has 1 atom stereocenters. The monoisotopic (exact) mass is 381 g/mol. The van der Waals surface area contributed by atoms with E-state index in [1.165, 1.54) is 0 Å². The number of hydrogen-bond acceptors (Lipinski definition) is 7.